The number of benzene rings is 3. The molecule has 3 nitrogen and oxygen atoms in total. The third-order valence-corrected chi connectivity index (χ3v) is 4.86. The van der Waals surface area contributed by atoms with E-state index in [1.54, 1.807) is 7.11 Å². The second kappa shape index (κ2) is 6.81. The van der Waals surface area contributed by atoms with Gasteiger partial charge in [-0.15, -0.1) is 0 Å². The predicted molar refractivity (Wildman–Crippen MR) is 108 cm³/mol. The summed E-state index contributed by atoms with van der Waals surface area (Å²) in [5.74, 6) is 0.793. The Morgan fingerprint density at radius 3 is 2.42 bits per heavy atom. The molecule has 0 heterocycles. The number of fused-ring (bicyclic) bond motifs is 1. The lowest BCUT2D eigenvalue weighted by Gasteiger charge is -2.12. The lowest BCUT2D eigenvalue weighted by Crippen LogP contribution is -2.01. The zero-order valence-corrected chi connectivity index (χ0v) is 15.7. The summed E-state index contributed by atoms with van der Waals surface area (Å²) in [5, 5.41) is 3.43. The zero-order valence-electron chi connectivity index (χ0n) is 14.1. The van der Waals surface area contributed by atoms with Gasteiger partial charge in [0.15, 0.2) is 5.78 Å². The van der Waals surface area contributed by atoms with Crippen LogP contribution >= 0.6 is 15.9 Å². The van der Waals surface area contributed by atoms with E-state index in [9.17, 15) is 4.79 Å². The molecular weight excluding hydrogens is 390 g/mol. The van der Waals surface area contributed by atoms with Crippen LogP contribution in [0, 0.1) is 0 Å². The van der Waals surface area contributed by atoms with Crippen molar-refractivity contribution in [3.05, 3.63) is 94.0 Å². The van der Waals surface area contributed by atoms with Crippen LogP contribution in [0.15, 0.2) is 77.3 Å². The van der Waals surface area contributed by atoms with Crippen LogP contribution in [0.2, 0.25) is 0 Å². The Kier molecular flexibility index (Phi) is 4.35. The van der Waals surface area contributed by atoms with E-state index in [1.165, 1.54) is 0 Å². The smallest absolute Gasteiger partial charge is 0.196 e. The van der Waals surface area contributed by atoms with Crippen molar-refractivity contribution in [3.8, 4) is 5.75 Å². The summed E-state index contributed by atoms with van der Waals surface area (Å²) in [4.78, 5) is 13.1. The van der Waals surface area contributed by atoms with Crippen LogP contribution in [0.1, 0.15) is 21.5 Å². The van der Waals surface area contributed by atoms with Crippen LogP contribution in [0.5, 0.6) is 5.75 Å². The molecule has 4 rings (SSSR count). The van der Waals surface area contributed by atoms with E-state index < -0.39 is 0 Å². The van der Waals surface area contributed by atoms with Crippen molar-refractivity contribution in [2.45, 2.75) is 0 Å². The Morgan fingerprint density at radius 2 is 1.65 bits per heavy atom. The van der Waals surface area contributed by atoms with Gasteiger partial charge < -0.3 is 10.1 Å². The Hall–Kier alpha value is -2.85. The largest absolute Gasteiger partial charge is 0.497 e. The highest BCUT2D eigenvalue weighted by Gasteiger charge is 2.30. The number of Topliss-reactive ketones (excluding diaryl/α,β-unsaturated/α-hetero) is 1. The first-order valence-corrected chi connectivity index (χ1v) is 9.02. The van der Waals surface area contributed by atoms with Crippen LogP contribution < -0.4 is 10.1 Å². The number of carbonyl (C=O) groups excluding carboxylic acids is 1. The summed E-state index contributed by atoms with van der Waals surface area (Å²) in [7, 11) is 1.64. The Morgan fingerprint density at radius 1 is 0.885 bits per heavy atom. The molecule has 128 valence electrons. The van der Waals surface area contributed by atoms with Gasteiger partial charge in [0.1, 0.15) is 5.75 Å². The maximum Gasteiger partial charge on any atom is 0.196 e. The number of ether oxygens (including phenoxy) is 1. The highest BCUT2D eigenvalue weighted by Crippen LogP contribution is 2.39. The number of rotatable bonds is 4. The van der Waals surface area contributed by atoms with Gasteiger partial charge in [-0.1, -0.05) is 58.4 Å². The van der Waals surface area contributed by atoms with Crippen LogP contribution in [-0.4, -0.2) is 12.9 Å². The topological polar surface area (TPSA) is 38.3 Å². The molecular formula is C22H16BrNO2. The van der Waals surface area contributed by atoms with Gasteiger partial charge in [0.25, 0.3) is 0 Å². The molecule has 3 aromatic rings. The number of hydrogen-bond acceptors (Lipinski definition) is 3. The molecule has 0 aromatic heterocycles. The summed E-state index contributed by atoms with van der Waals surface area (Å²) >= 11 is 3.50. The van der Waals surface area contributed by atoms with Crippen LogP contribution in [-0.2, 0) is 0 Å². The Balaban J connectivity index is 1.88. The van der Waals surface area contributed by atoms with Gasteiger partial charge in [-0.2, -0.15) is 0 Å². The summed E-state index contributed by atoms with van der Waals surface area (Å²) in [6, 6.07) is 23.2. The lowest BCUT2D eigenvalue weighted by molar-refractivity contribution is 0.105. The van der Waals surface area contributed by atoms with E-state index in [0.717, 1.165) is 32.7 Å². The number of methoxy groups -OCH3 is 1. The first-order valence-electron chi connectivity index (χ1n) is 8.23. The molecule has 26 heavy (non-hydrogen) atoms. The molecule has 0 atom stereocenters. The number of carbonyl (C=O) groups is 1. The van der Waals surface area contributed by atoms with Crippen molar-refractivity contribution >= 4 is 38.7 Å². The Bertz CT molecular complexity index is 1040. The van der Waals surface area contributed by atoms with Gasteiger partial charge in [-0.3, -0.25) is 4.79 Å². The molecule has 0 spiro atoms. The molecule has 0 saturated heterocycles. The average molecular weight is 406 g/mol. The molecule has 0 fully saturated rings. The summed E-state index contributed by atoms with van der Waals surface area (Å²) in [6.45, 7) is 0. The van der Waals surface area contributed by atoms with Gasteiger partial charge >= 0.3 is 0 Å². The minimum absolute atomic E-state index is 0.0316. The molecule has 4 heteroatoms. The monoisotopic (exact) mass is 405 g/mol. The Labute approximate surface area is 160 Å². The molecule has 0 unspecified atom stereocenters. The predicted octanol–water partition coefficient (Wildman–Crippen LogP) is 5.63. The number of halogens is 1. The molecule has 0 saturated carbocycles. The second-order valence-corrected chi connectivity index (χ2v) is 6.91. The highest BCUT2D eigenvalue weighted by atomic mass is 79.9. The number of allylic oxidation sites excluding steroid dienone is 1. The van der Waals surface area contributed by atoms with E-state index in [4.69, 9.17) is 4.74 Å². The fourth-order valence-electron chi connectivity index (χ4n) is 3.18. The molecule has 1 aliphatic carbocycles. The molecule has 0 aliphatic heterocycles. The maximum absolute atomic E-state index is 13.1. The third kappa shape index (κ3) is 2.93. The summed E-state index contributed by atoms with van der Waals surface area (Å²) in [6.07, 6.45) is 0. The van der Waals surface area contributed by atoms with Gasteiger partial charge in [0.2, 0.25) is 0 Å². The lowest BCUT2D eigenvalue weighted by atomic mass is 10.0. The van der Waals surface area contributed by atoms with E-state index in [-0.39, 0.29) is 5.78 Å². The molecule has 0 radical (unpaired) electrons. The minimum Gasteiger partial charge on any atom is -0.497 e. The van der Waals surface area contributed by atoms with E-state index >= 15 is 0 Å². The van der Waals surface area contributed by atoms with Crippen molar-refractivity contribution in [2.75, 3.05) is 12.4 Å². The molecule has 1 aliphatic rings. The van der Waals surface area contributed by atoms with Crippen molar-refractivity contribution in [1.82, 2.24) is 0 Å². The fourth-order valence-corrected chi connectivity index (χ4v) is 3.58. The molecule has 1 N–H and O–H groups in total. The van der Waals surface area contributed by atoms with Gasteiger partial charge in [-0.25, -0.2) is 0 Å². The minimum atomic E-state index is 0.0316. The second-order valence-electron chi connectivity index (χ2n) is 5.99. The van der Waals surface area contributed by atoms with Crippen LogP contribution in [0.4, 0.5) is 5.69 Å². The van der Waals surface area contributed by atoms with Gasteiger partial charge in [-0.05, 0) is 29.8 Å². The van der Waals surface area contributed by atoms with E-state index in [0.29, 0.717) is 11.1 Å². The normalized spacial score (nSPS) is 12.9. The first-order chi connectivity index (χ1) is 12.7. The highest BCUT2D eigenvalue weighted by molar-refractivity contribution is 9.10. The number of anilines is 1. The maximum atomic E-state index is 13.1. The van der Waals surface area contributed by atoms with Gasteiger partial charge in [0.05, 0.1) is 18.4 Å². The number of hydrogen-bond donors (Lipinski definition) is 1. The quantitative estimate of drug-likeness (QED) is 0.610. The van der Waals surface area contributed by atoms with E-state index in [1.807, 2.05) is 72.8 Å². The summed E-state index contributed by atoms with van der Waals surface area (Å²) < 4.78 is 6.24. The van der Waals surface area contributed by atoms with Crippen molar-refractivity contribution in [2.24, 2.45) is 0 Å². The van der Waals surface area contributed by atoms with Crippen molar-refractivity contribution in [1.29, 1.82) is 0 Å². The first kappa shape index (κ1) is 16.6. The van der Waals surface area contributed by atoms with Crippen LogP contribution in [0.25, 0.3) is 11.3 Å². The zero-order chi connectivity index (χ0) is 18.1. The van der Waals surface area contributed by atoms with Crippen LogP contribution in [0.3, 0.4) is 0 Å². The van der Waals surface area contributed by atoms with Gasteiger partial charge in [0, 0.05) is 27.4 Å². The van der Waals surface area contributed by atoms with Crippen molar-refractivity contribution in [3.63, 3.8) is 0 Å². The third-order valence-electron chi connectivity index (χ3n) is 4.37. The number of ketones is 1. The fraction of sp³-hybridized carbons (Fsp3) is 0.0455. The molecule has 0 amide bonds. The SMILES string of the molecule is COc1cccc(NC2=C(c3cccc(Br)c3)C(=O)c3ccccc32)c1. The van der Waals surface area contributed by atoms with Crippen molar-refractivity contribution < 1.29 is 9.53 Å². The average Bonchev–Trinajstić information content (AvgIpc) is 2.94. The molecule has 3 aromatic carbocycles. The number of nitrogens with one attached hydrogen (secondary N) is 1. The summed E-state index contributed by atoms with van der Waals surface area (Å²) in [5.41, 5.74) is 4.87. The standard InChI is InChI=1S/C22H16BrNO2/c1-26-17-9-5-8-16(13-17)24-21-18-10-2-3-11-19(18)22(25)20(21)14-6-4-7-15(23)12-14/h2-13,24H,1H3. The van der Waals surface area contributed by atoms with E-state index in [2.05, 4.69) is 21.2 Å². The molecule has 0 bridgehead atoms.